The largest absolute Gasteiger partial charge is 0.336 e. The summed E-state index contributed by atoms with van der Waals surface area (Å²) in [5.41, 5.74) is 1.86. The molecule has 1 spiro atoms. The lowest BCUT2D eigenvalue weighted by Crippen LogP contribution is -2.35. The highest BCUT2D eigenvalue weighted by molar-refractivity contribution is 6.11. The van der Waals surface area contributed by atoms with Gasteiger partial charge in [-0.05, 0) is 37.1 Å². The minimum atomic E-state index is -1.57. The lowest BCUT2D eigenvalue weighted by molar-refractivity contribution is -0.178. The smallest absolute Gasteiger partial charge is 0.290 e. The van der Waals surface area contributed by atoms with Crippen molar-refractivity contribution in [1.82, 2.24) is 4.98 Å². The van der Waals surface area contributed by atoms with Crippen LogP contribution in [-0.4, -0.2) is 35.9 Å². The van der Waals surface area contributed by atoms with E-state index in [1.807, 2.05) is 0 Å². The molecule has 1 aromatic heterocycles. The maximum atomic E-state index is 12.6. The van der Waals surface area contributed by atoms with Crippen LogP contribution < -0.4 is 16.0 Å². The number of amides is 3. The number of carbonyl (C=O) groups is 3. The number of rotatable bonds is 4. The van der Waals surface area contributed by atoms with E-state index >= 15 is 0 Å². The third kappa shape index (κ3) is 3.04. The highest BCUT2D eigenvalue weighted by Crippen LogP contribution is 2.47. The molecule has 2 fully saturated rings. The molecule has 2 aliphatic heterocycles. The molecule has 1 aromatic carbocycles. The van der Waals surface area contributed by atoms with Crippen LogP contribution in [0.1, 0.15) is 28.9 Å². The first kappa shape index (κ1) is 17.8. The number of nitrogens with zero attached hydrogens (tertiary/aromatic N) is 1. The monoisotopic (exact) mass is 394 g/mol. The van der Waals surface area contributed by atoms with Crippen molar-refractivity contribution in [1.29, 1.82) is 0 Å². The zero-order valence-corrected chi connectivity index (χ0v) is 15.4. The molecule has 2 aromatic rings. The number of aromatic nitrogens is 1. The third-order valence-electron chi connectivity index (χ3n) is 5.09. The Morgan fingerprint density at radius 2 is 1.93 bits per heavy atom. The number of anilines is 3. The molecule has 1 saturated heterocycles. The Balaban J connectivity index is 1.53. The summed E-state index contributed by atoms with van der Waals surface area (Å²) in [7, 11) is 0. The van der Waals surface area contributed by atoms with Crippen LogP contribution in [0.2, 0.25) is 0 Å². The van der Waals surface area contributed by atoms with Crippen LogP contribution in [0.15, 0.2) is 36.5 Å². The summed E-state index contributed by atoms with van der Waals surface area (Å²) in [6, 6.07) is 8.24. The Hall–Kier alpha value is -3.30. The lowest BCUT2D eigenvalue weighted by atomic mass is 10.0. The maximum absolute atomic E-state index is 12.6. The Morgan fingerprint density at radius 1 is 1.14 bits per heavy atom. The number of nitrogens with one attached hydrogen (secondary N) is 3. The molecule has 0 atom stereocenters. The van der Waals surface area contributed by atoms with E-state index < -0.39 is 17.6 Å². The first-order valence-electron chi connectivity index (χ1n) is 9.38. The second-order valence-corrected chi connectivity index (χ2v) is 7.15. The number of fused-ring (bicyclic) bond motifs is 2. The SMILES string of the molecule is O=C(Nc1cc(NC(=O)C2CC2)c2c(c1)C1(OCCO1)C(=O)N2)c1ccccn1. The van der Waals surface area contributed by atoms with Crippen LogP contribution in [0.25, 0.3) is 0 Å². The van der Waals surface area contributed by atoms with Crippen molar-refractivity contribution in [2.24, 2.45) is 5.92 Å². The number of hydrogen-bond donors (Lipinski definition) is 3. The van der Waals surface area contributed by atoms with Gasteiger partial charge in [-0.3, -0.25) is 19.4 Å². The van der Waals surface area contributed by atoms with Gasteiger partial charge in [0.25, 0.3) is 17.6 Å². The van der Waals surface area contributed by atoms with Gasteiger partial charge in [-0.25, -0.2) is 0 Å². The number of ether oxygens (including phenoxy) is 2. The fourth-order valence-electron chi connectivity index (χ4n) is 3.50. The molecule has 3 aliphatic rings. The zero-order chi connectivity index (χ0) is 20.0. The van der Waals surface area contributed by atoms with E-state index in [1.165, 1.54) is 6.20 Å². The van der Waals surface area contributed by atoms with Gasteiger partial charge in [-0.15, -0.1) is 0 Å². The number of carbonyl (C=O) groups excluding carboxylic acids is 3. The Labute approximate surface area is 165 Å². The molecule has 9 heteroatoms. The summed E-state index contributed by atoms with van der Waals surface area (Å²) >= 11 is 0. The normalized spacial score (nSPS) is 19.0. The van der Waals surface area contributed by atoms with Crippen molar-refractivity contribution >= 4 is 34.8 Å². The first-order valence-corrected chi connectivity index (χ1v) is 9.38. The molecule has 5 rings (SSSR count). The summed E-state index contributed by atoms with van der Waals surface area (Å²) in [4.78, 5) is 41.5. The standard InChI is InChI=1S/C20H18N4O5/c25-17(11-4-5-11)23-15-10-12(22-18(26)14-3-1-2-6-21-14)9-13-16(15)24-19(27)20(13)28-7-8-29-20/h1-3,6,9-11H,4-5,7-8H2,(H,22,26)(H,23,25)(H,24,27). The number of hydrogen-bond acceptors (Lipinski definition) is 6. The molecular formula is C20H18N4O5. The fourth-order valence-corrected chi connectivity index (χ4v) is 3.50. The Kier molecular flexibility index (Phi) is 4.07. The third-order valence-corrected chi connectivity index (χ3v) is 5.09. The summed E-state index contributed by atoms with van der Waals surface area (Å²) in [6.07, 6.45) is 3.20. The van der Waals surface area contributed by atoms with E-state index in [4.69, 9.17) is 9.47 Å². The molecule has 0 bridgehead atoms. The van der Waals surface area contributed by atoms with E-state index in [-0.39, 0.29) is 30.7 Å². The van der Waals surface area contributed by atoms with Crippen molar-refractivity contribution < 1.29 is 23.9 Å². The average Bonchev–Trinajstić information content (AvgIpc) is 3.40. The number of benzene rings is 1. The van der Waals surface area contributed by atoms with Crippen LogP contribution in [-0.2, 0) is 24.8 Å². The van der Waals surface area contributed by atoms with Gasteiger partial charge in [0.2, 0.25) is 5.91 Å². The molecule has 3 amide bonds. The molecular weight excluding hydrogens is 376 g/mol. The van der Waals surface area contributed by atoms with Gasteiger partial charge in [0.05, 0.1) is 24.6 Å². The van der Waals surface area contributed by atoms with Crippen LogP contribution in [0.5, 0.6) is 0 Å². The molecule has 3 heterocycles. The van der Waals surface area contributed by atoms with Crippen LogP contribution >= 0.6 is 0 Å². The van der Waals surface area contributed by atoms with E-state index in [0.717, 1.165) is 12.8 Å². The fraction of sp³-hybridized carbons (Fsp3) is 0.300. The van der Waals surface area contributed by atoms with Gasteiger partial charge in [-0.2, -0.15) is 0 Å². The lowest BCUT2D eigenvalue weighted by Gasteiger charge is -2.20. The Bertz CT molecular complexity index is 1010. The quantitative estimate of drug-likeness (QED) is 0.728. The molecule has 3 N–H and O–H groups in total. The van der Waals surface area contributed by atoms with Gasteiger partial charge in [0.1, 0.15) is 5.69 Å². The Morgan fingerprint density at radius 3 is 2.62 bits per heavy atom. The van der Waals surface area contributed by atoms with Gasteiger partial charge in [-0.1, -0.05) is 6.07 Å². The van der Waals surface area contributed by atoms with Crippen LogP contribution in [0.4, 0.5) is 17.1 Å². The van der Waals surface area contributed by atoms with E-state index in [1.54, 1.807) is 30.3 Å². The van der Waals surface area contributed by atoms with Crippen LogP contribution in [0.3, 0.4) is 0 Å². The molecule has 9 nitrogen and oxygen atoms in total. The summed E-state index contributed by atoms with van der Waals surface area (Å²) < 4.78 is 11.3. The molecule has 1 saturated carbocycles. The van der Waals surface area contributed by atoms with Crippen molar-refractivity contribution in [2.75, 3.05) is 29.2 Å². The topological polar surface area (TPSA) is 119 Å². The van der Waals surface area contributed by atoms with E-state index in [2.05, 4.69) is 20.9 Å². The van der Waals surface area contributed by atoms with Crippen molar-refractivity contribution in [3.8, 4) is 0 Å². The average molecular weight is 394 g/mol. The number of pyridine rings is 1. The van der Waals surface area contributed by atoms with Gasteiger partial charge in [0.15, 0.2) is 0 Å². The molecule has 0 radical (unpaired) electrons. The molecule has 1 aliphatic carbocycles. The summed E-state index contributed by atoms with van der Waals surface area (Å²) in [5.74, 6) is -2.59. The molecule has 0 unspecified atom stereocenters. The van der Waals surface area contributed by atoms with Crippen molar-refractivity contribution in [3.63, 3.8) is 0 Å². The van der Waals surface area contributed by atoms with Crippen molar-refractivity contribution in [3.05, 3.63) is 47.8 Å². The zero-order valence-electron chi connectivity index (χ0n) is 15.4. The van der Waals surface area contributed by atoms with Crippen LogP contribution in [0, 0.1) is 5.92 Å². The predicted octanol–water partition coefficient (Wildman–Crippen LogP) is 1.83. The molecule has 29 heavy (non-hydrogen) atoms. The predicted molar refractivity (Wildman–Crippen MR) is 102 cm³/mol. The highest BCUT2D eigenvalue weighted by Gasteiger charge is 2.53. The van der Waals surface area contributed by atoms with Gasteiger partial charge in [0, 0.05) is 23.4 Å². The van der Waals surface area contributed by atoms with Gasteiger partial charge >= 0.3 is 0 Å². The summed E-state index contributed by atoms with van der Waals surface area (Å²) in [6.45, 7) is 0.530. The van der Waals surface area contributed by atoms with E-state index in [9.17, 15) is 14.4 Å². The highest BCUT2D eigenvalue weighted by atomic mass is 16.7. The minimum Gasteiger partial charge on any atom is -0.336 e. The van der Waals surface area contributed by atoms with Crippen molar-refractivity contribution in [2.45, 2.75) is 18.6 Å². The van der Waals surface area contributed by atoms with E-state index in [0.29, 0.717) is 22.6 Å². The minimum absolute atomic E-state index is 0.0255. The second kappa shape index (κ2) is 6.64. The van der Waals surface area contributed by atoms with Gasteiger partial charge < -0.3 is 25.4 Å². The second-order valence-electron chi connectivity index (χ2n) is 7.15. The first-order chi connectivity index (χ1) is 14.1. The molecule has 148 valence electrons. The summed E-state index contributed by atoms with van der Waals surface area (Å²) in [5, 5.41) is 8.36. The maximum Gasteiger partial charge on any atom is 0.290 e.